The molecule has 134 valence electrons. The zero-order valence-electron chi connectivity index (χ0n) is 14.2. The van der Waals surface area contributed by atoms with Crippen molar-refractivity contribution in [2.75, 3.05) is 13.7 Å². The maximum Gasteiger partial charge on any atom is 0.245 e. The zero-order chi connectivity index (χ0) is 16.8. The van der Waals surface area contributed by atoms with E-state index in [4.69, 9.17) is 10.5 Å². The number of hydrogen-bond acceptors (Lipinski definition) is 4. The maximum absolute atomic E-state index is 12.4. The van der Waals surface area contributed by atoms with Crippen LogP contribution in [0.25, 0.3) is 0 Å². The van der Waals surface area contributed by atoms with Crippen molar-refractivity contribution in [3.05, 3.63) is 29.8 Å². The Morgan fingerprint density at radius 1 is 1.42 bits per heavy atom. The van der Waals surface area contributed by atoms with Crippen LogP contribution in [0.1, 0.15) is 31.7 Å². The minimum absolute atomic E-state index is 0. The van der Waals surface area contributed by atoms with Crippen LogP contribution in [0.5, 0.6) is 5.75 Å². The topological polar surface area (TPSA) is 84.7 Å². The molecule has 0 saturated carbocycles. The number of nitrogens with two attached hydrogens (primary N) is 1. The van der Waals surface area contributed by atoms with E-state index in [1.807, 2.05) is 31.2 Å². The number of nitrogens with zero attached hydrogens (tertiary/aromatic N) is 1. The molecule has 2 rings (SSSR count). The number of likely N-dealkylation sites (tertiary alicyclic amines) is 1. The second kappa shape index (κ2) is 9.49. The molecule has 7 heteroatoms. The number of hydrogen-bond donors (Lipinski definition) is 2. The molecule has 1 fully saturated rings. The molecule has 1 aromatic carbocycles. The van der Waals surface area contributed by atoms with Crippen LogP contribution in [0, 0.1) is 0 Å². The van der Waals surface area contributed by atoms with Crippen molar-refractivity contribution < 1.29 is 14.3 Å². The second-order valence-electron chi connectivity index (χ2n) is 5.85. The molecule has 24 heavy (non-hydrogen) atoms. The largest absolute Gasteiger partial charge is 0.497 e. The monoisotopic (exact) mass is 355 g/mol. The third-order valence-electron chi connectivity index (χ3n) is 4.08. The van der Waals surface area contributed by atoms with Gasteiger partial charge in [0.05, 0.1) is 13.2 Å². The van der Waals surface area contributed by atoms with Crippen molar-refractivity contribution in [1.82, 2.24) is 10.2 Å². The fraction of sp³-hybridized carbons (Fsp3) is 0.529. The van der Waals surface area contributed by atoms with Gasteiger partial charge in [0.15, 0.2) is 0 Å². The van der Waals surface area contributed by atoms with Crippen LogP contribution in [-0.4, -0.2) is 42.5 Å². The van der Waals surface area contributed by atoms with E-state index in [9.17, 15) is 9.59 Å². The Hall–Kier alpha value is -1.79. The molecule has 6 nitrogen and oxygen atoms in total. The van der Waals surface area contributed by atoms with Crippen LogP contribution < -0.4 is 15.8 Å². The molecular weight excluding hydrogens is 330 g/mol. The van der Waals surface area contributed by atoms with Gasteiger partial charge in [0.1, 0.15) is 11.8 Å². The predicted octanol–water partition coefficient (Wildman–Crippen LogP) is 1.46. The van der Waals surface area contributed by atoms with Gasteiger partial charge in [-0.2, -0.15) is 0 Å². The molecule has 3 N–H and O–H groups in total. The Kier molecular flexibility index (Phi) is 8.01. The summed E-state index contributed by atoms with van der Waals surface area (Å²) in [5.74, 6) is 0.505. The van der Waals surface area contributed by atoms with E-state index in [-0.39, 0.29) is 24.2 Å². The number of amides is 2. The fourth-order valence-electron chi connectivity index (χ4n) is 2.70. The first-order chi connectivity index (χ1) is 11.0. The third-order valence-corrected chi connectivity index (χ3v) is 4.08. The van der Waals surface area contributed by atoms with E-state index in [1.165, 1.54) is 0 Å². The van der Waals surface area contributed by atoms with Crippen molar-refractivity contribution in [3.8, 4) is 5.75 Å². The lowest BCUT2D eigenvalue weighted by molar-refractivity contribution is -0.133. The Balaban J connectivity index is 0.00000288. The molecule has 0 spiro atoms. The number of methoxy groups -OCH3 is 1. The Labute approximate surface area is 149 Å². The Morgan fingerprint density at radius 2 is 2.08 bits per heavy atom. The molecule has 0 aliphatic carbocycles. The van der Waals surface area contributed by atoms with Crippen LogP contribution in [0.2, 0.25) is 0 Å². The SMILES string of the molecule is CCCC(N)C(=O)NC1CCN(Cc2ccc(OC)cc2)C1=O.Cl. The minimum atomic E-state index is -0.538. The van der Waals surface area contributed by atoms with Gasteiger partial charge < -0.3 is 20.7 Å². The number of benzene rings is 1. The van der Waals surface area contributed by atoms with E-state index < -0.39 is 12.1 Å². The Morgan fingerprint density at radius 3 is 2.67 bits per heavy atom. The normalized spacial score (nSPS) is 18.0. The Bertz CT molecular complexity index is 551. The third kappa shape index (κ3) is 5.11. The number of rotatable bonds is 7. The van der Waals surface area contributed by atoms with Crippen LogP contribution in [0.15, 0.2) is 24.3 Å². The molecule has 0 radical (unpaired) electrons. The van der Waals surface area contributed by atoms with Crippen molar-refractivity contribution in [1.29, 1.82) is 0 Å². The second-order valence-corrected chi connectivity index (χ2v) is 5.85. The van der Waals surface area contributed by atoms with Gasteiger partial charge in [0.2, 0.25) is 11.8 Å². The minimum Gasteiger partial charge on any atom is -0.497 e. The average molecular weight is 356 g/mol. The van der Waals surface area contributed by atoms with E-state index in [0.29, 0.717) is 25.9 Å². The van der Waals surface area contributed by atoms with E-state index in [2.05, 4.69) is 5.32 Å². The summed E-state index contributed by atoms with van der Waals surface area (Å²) in [5.41, 5.74) is 6.82. The summed E-state index contributed by atoms with van der Waals surface area (Å²) < 4.78 is 5.12. The molecule has 2 atom stereocenters. The van der Waals surface area contributed by atoms with E-state index in [1.54, 1.807) is 12.0 Å². The summed E-state index contributed by atoms with van der Waals surface area (Å²) in [6.07, 6.45) is 2.10. The summed E-state index contributed by atoms with van der Waals surface area (Å²) >= 11 is 0. The lowest BCUT2D eigenvalue weighted by Crippen LogP contribution is -2.48. The quantitative estimate of drug-likeness (QED) is 0.775. The van der Waals surface area contributed by atoms with Crippen LogP contribution in [0.4, 0.5) is 0 Å². The van der Waals surface area contributed by atoms with Crippen molar-refractivity contribution in [2.45, 2.75) is 44.8 Å². The number of carbonyl (C=O) groups excluding carboxylic acids is 2. The number of halogens is 1. The highest BCUT2D eigenvalue weighted by Gasteiger charge is 2.33. The molecule has 2 unspecified atom stereocenters. The molecule has 1 heterocycles. The predicted molar refractivity (Wildman–Crippen MR) is 95.1 cm³/mol. The van der Waals surface area contributed by atoms with E-state index >= 15 is 0 Å². The van der Waals surface area contributed by atoms with Crippen LogP contribution >= 0.6 is 12.4 Å². The van der Waals surface area contributed by atoms with Gasteiger partial charge in [0, 0.05) is 13.1 Å². The highest BCUT2D eigenvalue weighted by molar-refractivity contribution is 5.90. The molecule has 1 saturated heterocycles. The van der Waals surface area contributed by atoms with Gasteiger partial charge in [-0.1, -0.05) is 25.5 Å². The highest BCUT2D eigenvalue weighted by Crippen LogP contribution is 2.17. The van der Waals surface area contributed by atoms with Crippen LogP contribution in [0.3, 0.4) is 0 Å². The molecular formula is C17H26ClN3O3. The van der Waals surface area contributed by atoms with Gasteiger partial charge in [-0.3, -0.25) is 9.59 Å². The first-order valence-corrected chi connectivity index (χ1v) is 8.02. The van der Waals surface area contributed by atoms with Crippen molar-refractivity contribution in [3.63, 3.8) is 0 Å². The van der Waals surface area contributed by atoms with Gasteiger partial charge in [-0.15, -0.1) is 12.4 Å². The van der Waals surface area contributed by atoms with Gasteiger partial charge in [0.25, 0.3) is 0 Å². The molecule has 1 aromatic rings. The van der Waals surface area contributed by atoms with Crippen molar-refractivity contribution >= 4 is 24.2 Å². The maximum atomic E-state index is 12.4. The molecule has 1 aliphatic rings. The number of nitrogens with one attached hydrogen (secondary N) is 1. The summed E-state index contributed by atoms with van der Waals surface area (Å²) in [4.78, 5) is 26.1. The molecule has 0 bridgehead atoms. The summed E-state index contributed by atoms with van der Waals surface area (Å²) in [5, 5.41) is 2.77. The van der Waals surface area contributed by atoms with Gasteiger partial charge >= 0.3 is 0 Å². The molecule has 1 aliphatic heterocycles. The lowest BCUT2D eigenvalue weighted by Gasteiger charge is -2.18. The first-order valence-electron chi connectivity index (χ1n) is 8.02. The van der Waals surface area contributed by atoms with Crippen molar-refractivity contribution in [2.24, 2.45) is 5.73 Å². The van der Waals surface area contributed by atoms with E-state index in [0.717, 1.165) is 17.7 Å². The lowest BCUT2D eigenvalue weighted by atomic mass is 10.1. The fourth-order valence-corrected chi connectivity index (χ4v) is 2.70. The highest BCUT2D eigenvalue weighted by atomic mass is 35.5. The smallest absolute Gasteiger partial charge is 0.245 e. The first kappa shape index (κ1) is 20.3. The zero-order valence-corrected chi connectivity index (χ0v) is 15.0. The number of ether oxygens (including phenoxy) is 1. The summed E-state index contributed by atoms with van der Waals surface area (Å²) in [6.45, 7) is 3.15. The summed E-state index contributed by atoms with van der Waals surface area (Å²) in [7, 11) is 1.62. The van der Waals surface area contributed by atoms with Crippen LogP contribution in [-0.2, 0) is 16.1 Å². The van der Waals surface area contributed by atoms with Gasteiger partial charge in [-0.25, -0.2) is 0 Å². The average Bonchev–Trinajstić information content (AvgIpc) is 2.89. The summed E-state index contributed by atoms with van der Waals surface area (Å²) in [6, 6.07) is 6.63. The number of carbonyl (C=O) groups is 2. The molecule has 2 amide bonds. The molecule has 0 aromatic heterocycles. The standard InChI is InChI=1S/C17H25N3O3.ClH/c1-3-4-14(18)16(21)19-15-9-10-20(17(15)22)11-12-5-7-13(23-2)8-6-12;/h5-8,14-15H,3-4,9-11,18H2,1-2H3,(H,19,21);1H. The van der Waals surface area contributed by atoms with Gasteiger partial charge in [-0.05, 0) is 30.5 Å².